The number of rotatable bonds is 4. The Bertz CT molecular complexity index is 319. The second-order valence-electron chi connectivity index (χ2n) is 3.03. The number of pyridine rings is 1. The molecule has 76 valence electrons. The van der Waals surface area contributed by atoms with E-state index in [9.17, 15) is 0 Å². The highest BCUT2D eigenvalue weighted by atomic mass is 16.7. The molecule has 0 atom stereocenters. The van der Waals surface area contributed by atoms with Crippen molar-refractivity contribution in [2.24, 2.45) is 0 Å². The monoisotopic (exact) mass is 193 g/mol. The summed E-state index contributed by atoms with van der Waals surface area (Å²) < 4.78 is 10.5. The van der Waals surface area contributed by atoms with Gasteiger partial charge >= 0.3 is 0 Å². The molecule has 0 fully saturated rings. The fourth-order valence-corrected chi connectivity index (χ4v) is 1.11. The van der Waals surface area contributed by atoms with E-state index in [2.05, 4.69) is 11.6 Å². The number of hydrogen-bond donors (Lipinski definition) is 0. The summed E-state index contributed by atoms with van der Waals surface area (Å²) in [5.74, 6) is -0.793. The van der Waals surface area contributed by atoms with Gasteiger partial charge < -0.3 is 9.47 Å². The molecule has 14 heavy (non-hydrogen) atoms. The summed E-state index contributed by atoms with van der Waals surface area (Å²) in [5, 5.41) is 0. The van der Waals surface area contributed by atoms with E-state index in [1.807, 2.05) is 19.1 Å². The second kappa shape index (κ2) is 4.35. The Balaban J connectivity index is 3.10. The molecule has 1 aromatic rings. The van der Waals surface area contributed by atoms with Gasteiger partial charge in [0.15, 0.2) is 0 Å². The lowest BCUT2D eigenvalue weighted by atomic mass is 10.1. The average Bonchev–Trinajstić information content (AvgIpc) is 2.28. The first kappa shape index (κ1) is 10.9. The van der Waals surface area contributed by atoms with Crippen molar-refractivity contribution < 1.29 is 9.47 Å². The van der Waals surface area contributed by atoms with Crippen LogP contribution >= 0.6 is 0 Å². The number of ether oxygens (including phenoxy) is 2. The first-order valence-electron chi connectivity index (χ1n) is 4.35. The summed E-state index contributed by atoms with van der Waals surface area (Å²) in [5.41, 5.74) is 1.73. The minimum absolute atomic E-state index is 0.736. The zero-order valence-corrected chi connectivity index (χ0v) is 8.78. The summed E-state index contributed by atoms with van der Waals surface area (Å²) in [6, 6.07) is 3.77. The highest BCUT2D eigenvalue weighted by molar-refractivity contribution is 5.46. The molecular weight excluding hydrogens is 178 g/mol. The SMILES string of the molecule is C=Cc1ccnc(C(C)(OC)OC)c1. The van der Waals surface area contributed by atoms with Gasteiger partial charge in [0.1, 0.15) is 0 Å². The van der Waals surface area contributed by atoms with Crippen molar-refractivity contribution in [1.29, 1.82) is 0 Å². The van der Waals surface area contributed by atoms with Gasteiger partial charge in [-0.3, -0.25) is 4.98 Å². The summed E-state index contributed by atoms with van der Waals surface area (Å²) in [6.07, 6.45) is 3.47. The van der Waals surface area contributed by atoms with Gasteiger partial charge in [-0.1, -0.05) is 12.7 Å². The van der Waals surface area contributed by atoms with Crippen LogP contribution in [0.3, 0.4) is 0 Å². The normalized spacial score (nSPS) is 11.4. The fraction of sp³-hybridized carbons (Fsp3) is 0.364. The summed E-state index contributed by atoms with van der Waals surface area (Å²) in [6.45, 7) is 5.52. The number of methoxy groups -OCH3 is 2. The summed E-state index contributed by atoms with van der Waals surface area (Å²) in [7, 11) is 3.18. The summed E-state index contributed by atoms with van der Waals surface area (Å²) >= 11 is 0. The van der Waals surface area contributed by atoms with Gasteiger partial charge in [0, 0.05) is 20.4 Å². The molecule has 3 nitrogen and oxygen atoms in total. The first-order valence-corrected chi connectivity index (χ1v) is 4.35. The molecule has 0 aliphatic heterocycles. The highest BCUT2D eigenvalue weighted by Gasteiger charge is 2.27. The predicted octanol–water partition coefficient (Wildman–Crippen LogP) is 2.19. The molecular formula is C11H15NO2. The average molecular weight is 193 g/mol. The van der Waals surface area contributed by atoms with Crippen LogP contribution in [0.4, 0.5) is 0 Å². The van der Waals surface area contributed by atoms with Crippen molar-refractivity contribution in [1.82, 2.24) is 4.98 Å². The van der Waals surface area contributed by atoms with Crippen LogP contribution in [0.1, 0.15) is 18.2 Å². The molecule has 0 aliphatic carbocycles. The standard InChI is InChI=1S/C11H15NO2/c1-5-9-6-7-12-10(8-9)11(2,13-3)14-4/h5-8H,1H2,2-4H3. The van der Waals surface area contributed by atoms with E-state index in [1.165, 1.54) is 0 Å². The lowest BCUT2D eigenvalue weighted by molar-refractivity contribution is -0.204. The Morgan fingerprint density at radius 3 is 2.57 bits per heavy atom. The van der Waals surface area contributed by atoms with Gasteiger partial charge in [-0.2, -0.15) is 0 Å². The summed E-state index contributed by atoms with van der Waals surface area (Å²) in [4.78, 5) is 4.20. The van der Waals surface area contributed by atoms with Gasteiger partial charge in [-0.05, 0) is 24.6 Å². The molecule has 0 saturated carbocycles. The van der Waals surface area contributed by atoms with Crippen LogP contribution in [0.5, 0.6) is 0 Å². The smallest absolute Gasteiger partial charge is 0.208 e. The maximum Gasteiger partial charge on any atom is 0.208 e. The van der Waals surface area contributed by atoms with E-state index in [1.54, 1.807) is 26.5 Å². The number of nitrogens with zero attached hydrogens (tertiary/aromatic N) is 1. The van der Waals surface area contributed by atoms with Crippen molar-refractivity contribution >= 4 is 6.08 Å². The van der Waals surface area contributed by atoms with Gasteiger partial charge in [0.05, 0.1) is 5.69 Å². The lowest BCUT2D eigenvalue weighted by Gasteiger charge is -2.25. The quantitative estimate of drug-likeness (QED) is 0.687. The van der Waals surface area contributed by atoms with Crippen LogP contribution in [-0.4, -0.2) is 19.2 Å². The third-order valence-corrected chi connectivity index (χ3v) is 2.26. The molecule has 0 aliphatic rings. The van der Waals surface area contributed by atoms with Crippen molar-refractivity contribution in [2.75, 3.05) is 14.2 Å². The Hall–Kier alpha value is -1.19. The molecule has 0 spiro atoms. The van der Waals surface area contributed by atoms with E-state index < -0.39 is 5.79 Å². The maximum absolute atomic E-state index is 5.25. The van der Waals surface area contributed by atoms with Crippen LogP contribution in [0, 0.1) is 0 Å². The van der Waals surface area contributed by atoms with E-state index in [0.29, 0.717) is 0 Å². The van der Waals surface area contributed by atoms with Crippen LogP contribution in [0.2, 0.25) is 0 Å². The molecule has 0 amide bonds. The van der Waals surface area contributed by atoms with Crippen LogP contribution < -0.4 is 0 Å². The van der Waals surface area contributed by atoms with E-state index >= 15 is 0 Å². The Labute approximate surface area is 84.4 Å². The van der Waals surface area contributed by atoms with Crippen molar-refractivity contribution in [3.63, 3.8) is 0 Å². The van der Waals surface area contributed by atoms with E-state index in [-0.39, 0.29) is 0 Å². The van der Waals surface area contributed by atoms with E-state index in [4.69, 9.17) is 9.47 Å². The molecule has 0 saturated heterocycles. The fourth-order valence-electron chi connectivity index (χ4n) is 1.11. The zero-order chi connectivity index (χ0) is 10.6. The maximum atomic E-state index is 5.25. The molecule has 0 N–H and O–H groups in total. The number of hydrogen-bond acceptors (Lipinski definition) is 3. The molecule has 1 rings (SSSR count). The molecule has 1 heterocycles. The lowest BCUT2D eigenvalue weighted by Crippen LogP contribution is -2.27. The third-order valence-electron chi connectivity index (χ3n) is 2.26. The number of aromatic nitrogens is 1. The van der Waals surface area contributed by atoms with Crippen molar-refractivity contribution in [3.05, 3.63) is 36.2 Å². The molecule has 0 radical (unpaired) electrons. The van der Waals surface area contributed by atoms with Crippen LogP contribution in [0.15, 0.2) is 24.9 Å². The molecule has 0 aromatic carbocycles. The van der Waals surface area contributed by atoms with Crippen LogP contribution in [0.25, 0.3) is 6.08 Å². The largest absolute Gasteiger partial charge is 0.348 e. The van der Waals surface area contributed by atoms with Crippen LogP contribution in [-0.2, 0) is 15.3 Å². The van der Waals surface area contributed by atoms with Crippen molar-refractivity contribution in [2.45, 2.75) is 12.7 Å². The molecule has 1 aromatic heterocycles. The highest BCUT2D eigenvalue weighted by Crippen LogP contribution is 2.23. The van der Waals surface area contributed by atoms with Gasteiger partial charge in [0.2, 0.25) is 5.79 Å². The van der Waals surface area contributed by atoms with Gasteiger partial charge in [0.25, 0.3) is 0 Å². The topological polar surface area (TPSA) is 31.4 Å². The Morgan fingerprint density at radius 2 is 2.07 bits per heavy atom. The third kappa shape index (κ3) is 2.00. The first-order chi connectivity index (χ1) is 6.66. The molecule has 0 bridgehead atoms. The van der Waals surface area contributed by atoms with Crippen molar-refractivity contribution in [3.8, 4) is 0 Å². The zero-order valence-electron chi connectivity index (χ0n) is 8.78. The van der Waals surface area contributed by atoms with Gasteiger partial charge in [-0.15, -0.1) is 0 Å². The predicted molar refractivity (Wildman–Crippen MR) is 55.7 cm³/mol. The molecule has 3 heteroatoms. The Morgan fingerprint density at radius 1 is 1.43 bits per heavy atom. The molecule has 0 unspecified atom stereocenters. The second-order valence-corrected chi connectivity index (χ2v) is 3.03. The Kier molecular flexibility index (Phi) is 3.38. The van der Waals surface area contributed by atoms with Gasteiger partial charge in [-0.25, -0.2) is 0 Å². The minimum Gasteiger partial charge on any atom is -0.348 e. The minimum atomic E-state index is -0.793. The van der Waals surface area contributed by atoms with E-state index in [0.717, 1.165) is 11.3 Å².